The van der Waals surface area contributed by atoms with Gasteiger partial charge in [-0.25, -0.2) is 0 Å². The van der Waals surface area contributed by atoms with Crippen molar-refractivity contribution in [3.05, 3.63) is 112 Å². The summed E-state index contributed by atoms with van der Waals surface area (Å²) in [5.74, 6) is 0. The number of hydrogen-bond acceptors (Lipinski definition) is 2. The molecule has 5 rings (SSSR count). The lowest BCUT2D eigenvalue weighted by molar-refractivity contribution is 0.549. The normalized spacial score (nSPS) is 18.1. The maximum absolute atomic E-state index is 6.31. The molecule has 4 aromatic rings. The summed E-state index contributed by atoms with van der Waals surface area (Å²) in [6.07, 6.45) is 3.88. The van der Waals surface area contributed by atoms with E-state index in [4.69, 9.17) is 23.8 Å². The van der Waals surface area contributed by atoms with Crippen LogP contribution < -0.4 is 10.2 Å². The monoisotopic (exact) mass is 522 g/mol. The molecule has 0 spiro atoms. The Balaban J connectivity index is 1.68. The van der Waals surface area contributed by atoms with Crippen LogP contribution in [0.3, 0.4) is 0 Å². The number of benzene rings is 2. The first-order valence-electron chi connectivity index (χ1n) is 10.2. The first-order valence-corrected chi connectivity index (χ1v) is 11.8. The highest BCUT2D eigenvalue weighted by Crippen LogP contribution is 2.42. The quantitative estimate of drug-likeness (QED) is 0.299. The van der Waals surface area contributed by atoms with Crippen LogP contribution in [0.4, 0.5) is 5.69 Å². The summed E-state index contributed by atoms with van der Waals surface area (Å²) < 4.78 is 3.24. The summed E-state index contributed by atoms with van der Waals surface area (Å²) in [5, 5.41) is 4.90. The Morgan fingerprint density at radius 1 is 1.00 bits per heavy atom. The average molecular weight is 524 g/mol. The van der Waals surface area contributed by atoms with E-state index in [9.17, 15) is 0 Å². The zero-order valence-electron chi connectivity index (χ0n) is 17.2. The van der Waals surface area contributed by atoms with Gasteiger partial charge in [0, 0.05) is 39.0 Å². The molecule has 0 unspecified atom stereocenters. The molecule has 160 valence electrons. The first kappa shape index (κ1) is 21.2. The van der Waals surface area contributed by atoms with Gasteiger partial charge in [-0.05, 0) is 85.4 Å². The predicted molar refractivity (Wildman–Crippen MR) is 138 cm³/mol. The van der Waals surface area contributed by atoms with E-state index >= 15 is 0 Å². The first-order chi connectivity index (χ1) is 15.5. The van der Waals surface area contributed by atoms with Crippen molar-refractivity contribution in [3.8, 4) is 5.69 Å². The fourth-order valence-electron chi connectivity index (χ4n) is 4.21. The Labute approximate surface area is 206 Å². The molecule has 0 bridgehead atoms. The van der Waals surface area contributed by atoms with Crippen LogP contribution in [0.25, 0.3) is 5.69 Å². The van der Waals surface area contributed by atoms with Crippen LogP contribution in [0.15, 0.2) is 89.7 Å². The molecule has 0 radical (unpaired) electrons. The van der Waals surface area contributed by atoms with Crippen LogP contribution in [-0.4, -0.2) is 14.7 Å². The molecule has 1 aliphatic rings. The van der Waals surface area contributed by atoms with Gasteiger partial charge in [-0.15, -0.1) is 0 Å². The molecule has 2 aromatic heterocycles. The molecule has 0 saturated carbocycles. The van der Waals surface area contributed by atoms with Gasteiger partial charge in [0.1, 0.15) is 6.04 Å². The fourth-order valence-corrected chi connectivity index (χ4v) is 4.99. The van der Waals surface area contributed by atoms with E-state index in [1.165, 1.54) is 0 Å². The molecule has 7 heteroatoms. The average Bonchev–Trinajstić information content (AvgIpc) is 3.40. The molecule has 0 amide bonds. The van der Waals surface area contributed by atoms with Crippen LogP contribution in [0, 0.1) is 6.92 Å². The van der Waals surface area contributed by atoms with Crippen LogP contribution >= 0.6 is 39.7 Å². The van der Waals surface area contributed by atoms with Crippen molar-refractivity contribution >= 4 is 50.5 Å². The van der Waals surface area contributed by atoms with Gasteiger partial charge in [-0.1, -0.05) is 39.7 Å². The molecule has 1 saturated heterocycles. The molecular formula is C25H20BrClN4S. The van der Waals surface area contributed by atoms with Crippen LogP contribution in [-0.2, 0) is 0 Å². The Bertz CT molecular complexity index is 1290. The fraction of sp³-hybridized carbons (Fsp3) is 0.120. The molecule has 1 N–H and O–H groups in total. The maximum atomic E-state index is 6.31. The number of pyridine rings is 1. The molecule has 4 nitrogen and oxygen atoms in total. The van der Waals surface area contributed by atoms with E-state index in [-0.39, 0.29) is 12.1 Å². The highest BCUT2D eigenvalue weighted by molar-refractivity contribution is 9.10. The highest BCUT2D eigenvalue weighted by atomic mass is 79.9. The van der Waals surface area contributed by atoms with Gasteiger partial charge in [0.2, 0.25) is 0 Å². The number of hydrogen-bond donors (Lipinski definition) is 1. The Morgan fingerprint density at radius 3 is 2.62 bits per heavy atom. The van der Waals surface area contributed by atoms with Crippen LogP contribution in [0.1, 0.15) is 29.0 Å². The number of nitrogens with one attached hydrogen (secondary N) is 1. The number of anilines is 1. The number of thiocarbonyl (C=S) groups is 1. The minimum Gasteiger partial charge on any atom is -0.351 e. The van der Waals surface area contributed by atoms with Gasteiger partial charge in [0.05, 0.1) is 11.7 Å². The molecule has 2 atom stereocenters. The summed E-state index contributed by atoms with van der Waals surface area (Å²) in [4.78, 5) is 6.83. The SMILES string of the molecule is Cc1cc(N2C(=S)N[C@@H](c3ccccn3)[C@H]2c2cccn2-c2cccc(Cl)c2)ccc1Br. The lowest BCUT2D eigenvalue weighted by Crippen LogP contribution is -2.30. The van der Waals surface area contributed by atoms with E-state index in [1.807, 2.05) is 42.6 Å². The van der Waals surface area contributed by atoms with Crippen molar-refractivity contribution in [2.45, 2.75) is 19.0 Å². The van der Waals surface area contributed by atoms with Crippen molar-refractivity contribution in [1.82, 2.24) is 14.9 Å². The van der Waals surface area contributed by atoms with E-state index < -0.39 is 0 Å². The Kier molecular flexibility index (Phi) is 5.76. The van der Waals surface area contributed by atoms with Gasteiger partial charge >= 0.3 is 0 Å². The molecule has 3 heterocycles. The third-order valence-electron chi connectivity index (χ3n) is 5.69. The second-order valence-corrected chi connectivity index (χ2v) is 9.39. The van der Waals surface area contributed by atoms with Crippen molar-refractivity contribution in [1.29, 1.82) is 0 Å². The molecule has 0 aliphatic carbocycles. The lowest BCUT2D eigenvalue weighted by Gasteiger charge is -2.29. The van der Waals surface area contributed by atoms with E-state index in [0.29, 0.717) is 10.1 Å². The van der Waals surface area contributed by atoms with E-state index in [0.717, 1.165) is 32.8 Å². The van der Waals surface area contributed by atoms with Crippen molar-refractivity contribution in [3.63, 3.8) is 0 Å². The lowest BCUT2D eigenvalue weighted by atomic mass is 10.0. The molecule has 32 heavy (non-hydrogen) atoms. The number of nitrogens with zero attached hydrogens (tertiary/aromatic N) is 3. The van der Waals surface area contributed by atoms with Crippen LogP contribution in [0.2, 0.25) is 5.02 Å². The van der Waals surface area contributed by atoms with Gasteiger partial charge < -0.3 is 14.8 Å². The third-order valence-corrected chi connectivity index (χ3v) is 7.13. The zero-order chi connectivity index (χ0) is 22.2. The summed E-state index contributed by atoms with van der Waals surface area (Å²) in [6.45, 7) is 2.08. The van der Waals surface area contributed by atoms with Crippen molar-refractivity contribution in [2.24, 2.45) is 0 Å². The molecule has 1 aliphatic heterocycles. The summed E-state index contributed by atoms with van der Waals surface area (Å²) in [7, 11) is 0. The van der Waals surface area contributed by atoms with Crippen LogP contribution in [0.5, 0.6) is 0 Å². The Morgan fingerprint density at radius 2 is 1.88 bits per heavy atom. The van der Waals surface area contributed by atoms with Gasteiger partial charge in [0.15, 0.2) is 5.11 Å². The Hall–Kier alpha value is -2.67. The summed E-state index contributed by atoms with van der Waals surface area (Å²) in [6, 6.07) is 24.1. The molecule has 2 aromatic carbocycles. The van der Waals surface area contributed by atoms with E-state index in [2.05, 4.69) is 85.2 Å². The van der Waals surface area contributed by atoms with Crippen molar-refractivity contribution in [2.75, 3.05) is 4.90 Å². The standard InChI is InChI=1S/C25H20BrClN4S/c1-16-14-19(10-11-20(16)26)31-24(23(29-25(31)32)21-8-2-3-12-28-21)22-9-5-13-30(22)18-7-4-6-17(27)15-18/h2-15,23-24H,1H3,(H,29,32)/t23-,24+/m0/s1. The third kappa shape index (κ3) is 3.83. The molecule has 1 fully saturated rings. The van der Waals surface area contributed by atoms with Crippen molar-refractivity contribution < 1.29 is 0 Å². The number of halogens is 2. The highest BCUT2D eigenvalue weighted by Gasteiger charge is 2.42. The largest absolute Gasteiger partial charge is 0.351 e. The second kappa shape index (κ2) is 8.70. The van der Waals surface area contributed by atoms with Gasteiger partial charge in [0.25, 0.3) is 0 Å². The summed E-state index contributed by atoms with van der Waals surface area (Å²) >= 11 is 15.8. The number of aromatic nitrogens is 2. The zero-order valence-corrected chi connectivity index (χ0v) is 20.4. The number of rotatable bonds is 4. The predicted octanol–water partition coefficient (Wildman–Crippen LogP) is 6.77. The van der Waals surface area contributed by atoms with Gasteiger partial charge in [-0.2, -0.15) is 0 Å². The second-order valence-electron chi connectivity index (χ2n) is 7.71. The van der Waals surface area contributed by atoms with E-state index in [1.54, 1.807) is 0 Å². The number of aryl methyl sites for hydroxylation is 1. The van der Waals surface area contributed by atoms with Gasteiger partial charge in [-0.3, -0.25) is 4.98 Å². The topological polar surface area (TPSA) is 33.1 Å². The molecular weight excluding hydrogens is 504 g/mol. The maximum Gasteiger partial charge on any atom is 0.174 e. The smallest absolute Gasteiger partial charge is 0.174 e. The minimum atomic E-state index is -0.111. The summed E-state index contributed by atoms with van der Waals surface area (Å²) in [5.41, 5.74) is 5.22. The minimum absolute atomic E-state index is 0.105.